The lowest BCUT2D eigenvalue weighted by Gasteiger charge is -2.28. The Balaban J connectivity index is -0.000000400. The van der Waals surface area contributed by atoms with Crippen molar-refractivity contribution in [2.24, 2.45) is 0 Å². The number of hydrogen-bond acceptors (Lipinski definition) is 3. The lowest BCUT2D eigenvalue weighted by Crippen LogP contribution is -2.41. The average molecular weight is 475 g/mol. The first-order chi connectivity index (χ1) is 12.8. The summed E-state index contributed by atoms with van der Waals surface area (Å²) in [6, 6.07) is 0.296. The third-order valence-corrected chi connectivity index (χ3v) is 2.60. The van der Waals surface area contributed by atoms with Gasteiger partial charge in [-0.2, -0.15) is 0 Å². The van der Waals surface area contributed by atoms with Crippen molar-refractivity contribution in [3.8, 4) is 0 Å². The SMILES string of the molecule is CN1CCC(N(C)C(=O)OC(C)(C)C)C1.F[B-](F)(F)F.F[B-](F)(F)F.F[B-](F)(F)F. The second-order valence-corrected chi connectivity index (χ2v) is 6.78. The topological polar surface area (TPSA) is 32.8 Å². The average Bonchev–Trinajstić information content (AvgIpc) is 2.76. The highest BCUT2D eigenvalue weighted by molar-refractivity contribution is 6.50. The number of ether oxygens (including phenoxy) is 1. The van der Waals surface area contributed by atoms with Gasteiger partial charge in [0.1, 0.15) is 5.60 Å². The van der Waals surface area contributed by atoms with Crippen LogP contribution in [0.2, 0.25) is 0 Å². The van der Waals surface area contributed by atoms with E-state index in [2.05, 4.69) is 11.9 Å². The van der Waals surface area contributed by atoms with E-state index in [1.807, 2.05) is 27.8 Å². The molecule has 1 unspecified atom stereocenters. The van der Waals surface area contributed by atoms with E-state index in [-0.39, 0.29) is 6.09 Å². The van der Waals surface area contributed by atoms with E-state index < -0.39 is 27.4 Å². The molecule has 0 N–H and O–H groups in total. The Bertz CT molecular complexity index is 435. The van der Waals surface area contributed by atoms with Gasteiger partial charge in [0.05, 0.1) is 0 Å². The van der Waals surface area contributed by atoms with Gasteiger partial charge in [0.2, 0.25) is 0 Å². The van der Waals surface area contributed by atoms with Gasteiger partial charge in [-0.15, -0.1) is 0 Å². The van der Waals surface area contributed by atoms with Gasteiger partial charge >= 0.3 is 27.9 Å². The van der Waals surface area contributed by atoms with Crippen LogP contribution in [0.1, 0.15) is 27.2 Å². The maximum absolute atomic E-state index is 11.7. The van der Waals surface area contributed by atoms with Crippen molar-refractivity contribution in [2.75, 3.05) is 27.2 Å². The molecule has 0 aromatic heterocycles. The molecule has 30 heavy (non-hydrogen) atoms. The predicted octanol–water partition coefficient (Wildman–Crippen LogP) is 5.46. The summed E-state index contributed by atoms with van der Waals surface area (Å²) in [7, 11) is -14.1. The molecule has 0 aromatic carbocycles. The van der Waals surface area contributed by atoms with Gasteiger partial charge in [-0.25, -0.2) is 4.79 Å². The summed E-state index contributed by atoms with van der Waals surface area (Å²) in [5.41, 5.74) is -0.407. The highest BCUT2D eigenvalue weighted by Crippen LogP contribution is 2.16. The standard InChI is InChI=1S/C11H22N2O2.3BF4/c1-11(2,3)15-10(14)13(5)9-6-7-12(4)8-9;3*2-1(3,4)5/h9H,6-8H2,1-5H3;;;/q;3*-1. The van der Waals surface area contributed by atoms with E-state index in [0.717, 1.165) is 19.5 Å². The first-order valence-corrected chi connectivity index (χ1v) is 8.06. The maximum atomic E-state index is 11.7. The molecule has 0 aromatic rings. The first-order valence-electron chi connectivity index (χ1n) is 8.06. The van der Waals surface area contributed by atoms with Gasteiger partial charge < -0.3 is 66.3 Å². The molecule has 0 bridgehead atoms. The number of hydrogen-bond donors (Lipinski definition) is 0. The molecule has 184 valence electrons. The molecular weight excluding hydrogens is 453 g/mol. The van der Waals surface area contributed by atoms with Crippen molar-refractivity contribution in [3.05, 3.63) is 0 Å². The monoisotopic (exact) mass is 475 g/mol. The zero-order chi connectivity index (χ0) is 25.1. The van der Waals surface area contributed by atoms with Gasteiger partial charge in [-0.05, 0) is 40.8 Å². The number of nitrogens with zero attached hydrogens (tertiary/aromatic N) is 2. The molecule has 1 aliphatic heterocycles. The Morgan fingerprint density at radius 3 is 1.37 bits per heavy atom. The lowest BCUT2D eigenvalue weighted by atomic mass is 10.2. The molecule has 0 radical (unpaired) electrons. The molecule has 1 saturated heterocycles. The molecule has 1 amide bonds. The third kappa shape index (κ3) is 41.1. The van der Waals surface area contributed by atoms with Crippen LogP contribution in [0.15, 0.2) is 0 Å². The lowest BCUT2D eigenvalue weighted by molar-refractivity contribution is 0.0230. The van der Waals surface area contributed by atoms with Crippen LogP contribution in [-0.2, 0) is 4.74 Å². The Morgan fingerprint density at radius 2 is 1.17 bits per heavy atom. The van der Waals surface area contributed by atoms with Crippen LogP contribution in [0.4, 0.5) is 56.6 Å². The summed E-state index contributed by atoms with van der Waals surface area (Å²) in [5, 5.41) is 0. The van der Waals surface area contributed by atoms with Crippen molar-refractivity contribution < 1.29 is 61.3 Å². The first kappa shape index (κ1) is 33.2. The number of carbonyl (C=O) groups excluding carboxylic acids is 1. The molecule has 1 aliphatic rings. The molecule has 0 saturated carbocycles. The van der Waals surface area contributed by atoms with Crippen LogP contribution >= 0.6 is 0 Å². The van der Waals surface area contributed by atoms with Gasteiger partial charge in [-0.1, -0.05) is 0 Å². The molecule has 1 fully saturated rings. The zero-order valence-electron chi connectivity index (χ0n) is 16.7. The van der Waals surface area contributed by atoms with Crippen LogP contribution in [0, 0.1) is 0 Å². The van der Waals surface area contributed by atoms with Crippen molar-refractivity contribution in [2.45, 2.75) is 38.8 Å². The van der Waals surface area contributed by atoms with Crippen LogP contribution in [0.3, 0.4) is 0 Å². The number of rotatable bonds is 1. The zero-order valence-corrected chi connectivity index (χ0v) is 16.7. The van der Waals surface area contributed by atoms with E-state index in [4.69, 9.17) is 4.74 Å². The number of amides is 1. The summed E-state index contributed by atoms with van der Waals surface area (Å²) in [6.45, 7) is 7.66. The van der Waals surface area contributed by atoms with Gasteiger partial charge in [-0.3, -0.25) is 0 Å². The fourth-order valence-electron chi connectivity index (χ4n) is 1.71. The van der Waals surface area contributed by atoms with Crippen LogP contribution in [-0.4, -0.2) is 76.5 Å². The smallest absolute Gasteiger partial charge is 0.444 e. The minimum Gasteiger partial charge on any atom is -0.444 e. The Morgan fingerprint density at radius 1 is 0.867 bits per heavy atom. The van der Waals surface area contributed by atoms with Gasteiger partial charge in [0.15, 0.2) is 0 Å². The highest BCUT2D eigenvalue weighted by Gasteiger charge is 2.29. The van der Waals surface area contributed by atoms with Gasteiger partial charge in [0.25, 0.3) is 0 Å². The normalized spacial score (nSPS) is 17.4. The third-order valence-electron chi connectivity index (χ3n) is 2.60. The van der Waals surface area contributed by atoms with Crippen LogP contribution in [0.25, 0.3) is 0 Å². The molecule has 1 heterocycles. The number of halogens is 12. The van der Waals surface area contributed by atoms with Crippen LogP contribution < -0.4 is 0 Å². The van der Waals surface area contributed by atoms with E-state index in [9.17, 15) is 56.6 Å². The Labute approximate surface area is 166 Å². The van der Waals surface area contributed by atoms with Crippen molar-refractivity contribution >= 4 is 27.9 Å². The van der Waals surface area contributed by atoms with Crippen molar-refractivity contribution in [1.82, 2.24) is 9.80 Å². The number of likely N-dealkylation sites (tertiary alicyclic amines) is 1. The quantitative estimate of drug-likeness (QED) is 0.374. The largest absolute Gasteiger partial charge is 0.673 e. The fraction of sp³-hybridized carbons (Fsp3) is 0.909. The van der Waals surface area contributed by atoms with E-state index in [1.54, 1.807) is 4.90 Å². The summed E-state index contributed by atoms with van der Waals surface area (Å²) in [4.78, 5) is 15.7. The highest BCUT2D eigenvalue weighted by atomic mass is 19.5. The fourth-order valence-corrected chi connectivity index (χ4v) is 1.71. The van der Waals surface area contributed by atoms with Gasteiger partial charge in [0, 0.05) is 19.6 Å². The van der Waals surface area contributed by atoms with Crippen LogP contribution in [0.5, 0.6) is 0 Å². The van der Waals surface area contributed by atoms with E-state index in [0.29, 0.717) is 6.04 Å². The summed E-state index contributed by atoms with van der Waals surface area (Å²) >= 11 is 0. The molecule has 0 spiro atoms. The molecule has 1 rings (SSSR count). The maximum Gasteiger partial charge on any atom is 0.673 e. The van der Waals surface area contributed by atoms with Crippen molar-refractivity contribution in [1.29, 1.82) is 0 Å². The molecule has 1 atom stereocenters. The van der Waals surface area contributed by atoms with E-state index >= 15 is 0 Å². The summed E-state index contributed by atoms with van der Waals surface area (Å²) in [5.74, 6) is 0. The van der Waals surface area contributed by atoms with Crippen molar-refractivity contribution in [3.63, 3.8) is 0 Å². The van der Waals surface area contributed by atoms with E-state index in [1.165, 1.54) is 0 Å². The minimum absolute atomic E-state index is 0.220. The summed E-state index contributed by atoms with van der Waals surface area (Å²) in [6.07, 6.45) is 0.814. The summed E-state index contributed by atoms with van der Waals surface area (Å²) < 4.78 is 122. The molecule has 4 nitrogen and oxygen atoms in total. The predicted molar refractivity (Wildman–Crippen MR) is 90.5 cm³/mol. The minimum atomic E-state index is -6.00. The second kappa shape index (κ2) is 13.1. The molecular formula is C11H22B3F12N2O2-3. The number of carbonyl (C=O) groups is 1. The Hall–Kier alpha value is -1.42. The second-order valence-electron chi connectivity index (χ2n) is 6.78. The Kier molecular flexibility index (Phi) is 14.5. The number of likely N-dealkylation sites (N-methyl/N-ethyl adjacent to an activating group) is 2. The molecule has 0 aliphatic carbocycles. The molecule has 19 heteroatoms.